The standard InChI is InChI=1S/C15H10BrClF2O2/c16-10-7-13-12(20-4-5-21-13)6-9(10)14(17)8-2-1-3-11(18)15(8)19/h1-3,6-7,14H,4-5H2. The maximum absolute atomic E-state index is 13.9. The molecule has 2 nitrogen and oxygen atoms in total. The smallest absolute Gasteiger partial charge is 0.163 e. The molecule has 1 heterocycles. The number of hydrogen-bond donors (Lipinski definition) is 0. The molecule has 1 atom stereocenters. The molecule has 0 N–H and O–H groups in total. The lowest BCUT2D eigenvalue weighted by Gasteiger charge is -2.21. The fourth-order valence-corrected chi connectivity index (χ4v) is 3.19. The second-order valence-corrected chi connectivity index (χ2v) is 5.81. The van der Waals surface area contributed by atoms with Crippen LogP contribution in [0.5, 0.6) is 11.5 Å². The van der Waals surface area contributed by atoms with E-state index in [4.69, 9.17) is 21.1 Å². The lowest BCUT2D eigenvalue weighted by molar-refractivity contribution is 0.171. The highest BCUT2D eigenvalue weighted by molar-refractivity contribution is 9.10. The Morgan fingerprint density at radius 3 is 2.43 bits per heavy atom. The van der Waals surface area contributed by atoms with E-state index in [1.54, 1.807) is 12.1 Å². The van der Waals surface area contributed by atoms with Crippen molar-refractivity contribution in [1.29, 1.82) is 0 Å². The normalized spacial score (nSPS) is 14.9. The van der Waals surface area contributed by atoms with Gasteiger partial charge in [0, 0.05) is 10.0 Å². The van der Waals surface area contributed by atoms with E-state index in [1.807, 2.05) is 0 Å². The topological polar surface area (TPSA) is 18.5 Å². The summed E-state index contributed by atoms with van der Waals surface area (Å²) in [5, 5.41) is -0.842. The Morgan fingerprint density at radius 1 is 1.05 bits per heavy atom. The molecule has 0 bridgehead atoms. The predicted molar refractivity (Wildman–Crippen MR) is 79.2 cm³/mol. The van der Waals surface area contributed by atoms with Crippen molar-refractivity contribution >= 4 is 27.5 Å². The first kappa shape index (κ1) is 14.6. The zero-order valence-electron chi connectivity index (χ0n) is 10.7. The van der Waals surface area contributed by atoms with Crippen molar-refractivity contribution < 1.29 is 18.3 Å². The van der Waals surface area contributed by atoms with Crippen LogP contribution in [0.1, 0.15) is 16.5 Å². The molecule has 0 aliphatic carbocycles. The molecule has 0 spiro atoms. The van der Waals surface area contributed by atoms with Gasteiger partial charge in [0.25, 0.3) is 0 Å². The molecule has 1 aliphatic heterocycles. The number of hydrogen-bond acceptors (Lipinski definition) is 2. The zero-order chi connectivity index (χ0) is 15.0. The number of benzene rings is 2. The number of alkyl halides is 1. The molecule has 0 fully saturated rings. The van der Waals surface area contributed by atoms with Gasteiger partial charge in [-0.2, -0.15) is 0 Å². The highest BCUT2D eigenvalue weighted by atomic mass is 79.9. The summed E-state index contributed by atoms with van der Waals surface area (Å²) in [5.41, 5.74) is 0.666. The van der Waals surface area contributed by atoms with E-state index in [1.165, 1.54) is 12.1 Å². The minimum absolute atomic E-state index is 0.0778. The van der Waals surface area contributed by atoms with Crippen molar-refractivity contribution in [2.75, 3.05) is 13.2 Å². The van der Waals surface area contributed by atoms with Gasteiger partial charge in [-0.05, 0) is 23.8 Å². The van der Waals surface area contributed by atoms with E-state index in [9.17, 15) is 8.78 Å². The minimum Gasteiger partial charge on any atom is -0.486 e. The van der Waals surface area contributed by atoms with Gasteiger partial charge in [-0.3, -0.25) is 0 Å². The summed E-state index contributed by atoms with van der Waals surface area (Å²) < 4.78 is 38.8. The molecule has 21 heavy (non-hydrogen) atoms. The second-order valence-electron chi connectivity index (χ2n) is 4.52. The molecule has 0 amide bonds. The first-order chi connectivity index (χ1) is 10.1. The van der Waals surface area contributed by atoms with Gasteiger partial charge in [-0.25, -0.2) is 8.78 Å². The van der Waals surface area contributed by atoms with E-state index in [-0.39, 0.29) is 5.56 Å². The van der Waals surface area contributed by atoms with Gasteiger partial charge >= 0.3 is 0 Å². The fraction of sp³-hybridized carbons (Fsp3) is 0.200. The fourth-order valence-electron chi connectivity index (χ4n) is 2.16. The Morgan fingerprint density at radius 2 is 1.71 bits per heavy atom. The Kier molecular flexibility index (Phi) is 4.04. The zero-order valence-corrected chi connectivity index (χ0v) is 13.0. The predicted octanol–water partition coefficient (Wildman–Crippen LogP) is 4.83. The quantitative estimate of drug-likeness (QED) is 0.700. The first-order valence-corrected chi connectivity index (χ1v) is 7.48. The molecule has 3 rings (SSSR count). The Balaban J connectivity index is 2.05. The van der Waals surface area contributed by atoms with Crippen LogP contribution in [0.3, 0.4) is 0 Å². The van der Waals surface area contributed by atoms with Crippen molar-refractivity contribution in [2.45, 2.75) is 5.38 Å². The average Bonchev–Trinajstić information content (AvgIpc) is 2.48. The van der Waals surface area contributed by atoms with Crippen LogP contribution in [-0.2, 0) is 0 Å². The van der Waals surface area contributed by atoms with Crippen LogP contribution >= 0.6 is 27.5 Å². The van der Waals surface area contributed by atoms with Gasteiger partial charge < -0.3 is 9.47 Å². The molecule has 1 unspecified atom stereocenters. The van der Waals surface area contributed by atoms with Crippen LogP contribution in [0.2, 0.25) is 0 Å². The first-order valence-electron chi connectivity index (χ1n) is 6.25. The molecule has 0 saturated carbocycles. The molecule has 2 aromatic carbocycles. The maximum Gasteiger partial charge on any atom is 0.163 e. The van der Waals surface area contributed by atoms with E-state index < -0.39 is 17.0 Å². The third-order valence-electron chi connectivity index (χ3n) is 3.19. The van der Waals surface area contributed by atoms with E-state index in [0.29, 0.717) is 34.7 Å². The third kappa shape index (κ3) is 2.72. The van der Waals surface area contributed by atoms with Crippen molar-refractivity contribution in [2.24, 2.45) is 0 Å². The lowest BCUT2D eigenvalue weighted by atomic mass is 10.0. The summed E-state index contributed by atoms with van der Waals surface area (Å²) in [5.74, 6) is -0.728. The van der Waals surface area contributed by atoms with Crippen LogP contribution < -0.4 is 9.47 Å². The molecule has 6 heteroatoms. The van der Waals surface area contributed by atoms with Gasteiger partial charge in [0.1, 0.15) is 13.2 Å². The molecule has 110 valence electrons. The highest BCUT2D eigenvalue weighted by Gasteiger charge is 2.23. The van der Waals surface area contributed by atoms with Gasteiger partial charge in [-0.1, -0.05) is 28.1 Å². The number of rotatable bonds is 2. The number of fused-ring (bicyclic) bond motifs is 1. The summed E-state index contributed by atoms with van der Waals surface area (Å²) in [6, 6.07) is 7.34. The molecule has 0 radical (unpaired) electrons. The molecule has 0 saturated heterocycles. The summed E-state index contributed by atoms with van der Waals surface area (Å²) in [6.07, 6.45) is 0. The Labute approximate surface area is 133 Å². The summed E-state index contributed by atoms with van der Waals surface area (Å²) in [4.78, 5) is 0. The lowest BCUT2D eigenvalue weighted by Crippen LogP contribution is -2.15. The minimum atomic E-state index is -0.945. The van der Waals surface area contributed by atoms with Gasteiger partial charge in [0.2, 0.25) is 0 Å². The monoisotopic (exact) mass is 374 g/mol. The molecular formula is C15H10BrClF2O2. The van der Waals surface area contributed by atoms with Gasteiger partial charge in [0.15, 0.2) is 23.1 Å². The van der Waals surface area contributed by atoms with Crippen LogP contribution in [0.25, 0.3) is 0 Å². The van der Waals surface area contributed by atoms with Crippen molar-refractivity contribution in [3.05, 3.63) is 57.6 Å². The molecular weight excluding hydrogens is 366 g/mol. The van der Waals surface area contributed by atoms with Crippen LogP contribution in [-0.4, -0.2) is 13.2 Å². The third-order valence-corrected chi connectivity index (χ3v) is 4.35. The number of halogens is 4. The van der Waals surface area contributed by atoms with Crippen molar-refractivity contribution in [3.8, 4) is 11.5 Å². The van der Waals surface area contributed by atoms with Gasteiger partial charge in [0.05, 0.1) is 5.38 Å². The summed E-state index contributed by atoms with van der Waals surface area (Å²) >= 11 is 9.70. The number of ether oxygens (including phenoxy) is 2. The highest BCUT2D eigenvalue weighted by Crippen LogP contribution is 2.42. The van der Waals surface area contributed by atoms with Crippen LogP contribution in [0.15, 0.2) is 34.8 Å². The second kappa shape index (κ2) is 5.81. The van der Waals surface area contributed by atoms with E-state index >= 15 is 0 Å². The molecule has 1 aliphatic rings. The van der Waals surface area contributed by atoms with E-state index in [2.05, 4.69) is 15.9 Å². The Hall–Kier alpha value is -1.33. The SMILES string of the molecule is Fc1cccc(C(Cl)c2cc3c(cc2Br)OCCO3)c1F. The van der Waals surface area contributed by atoms with Crippen molar-refractivity contribution in [1.82, 2.24) is 0 Å². The average molecular weight is 376 g/mol. The Bertz CT molecular complexity index is 694. The summed E-state index contributed by atoms with van der Waals surface area (Å²) in [7, 11) is 0. The van der Waals surface area contributed by atoms with Crippen LogP contribution in [0, 0.1) is 11.6 Å². The maximum atomic E-state index is 13.9. The summed E-state index contributed by atoms with van der Waals surface area (Å²) in [6.45, 7) is 0.914. The molecule has 0 aromatic heterocycles. The molecule has 2 aromatic rings. The van der Waals surface area contributed by atoms with E-state index in [0.717, 1.165) is 6.07 Å². The van der Waals surface area contributed by atoms with Crippen molar-refractivity contribution in [3.63, 3.8) is 0 Å². The van der Waals surface area contributed by atoms with Gasteiger partial charge in [-0.15, -0.1) is 11.6 Å². The van der Waals surface area contributed by atoms with Crippen LogP contribution in [0.4, 0.5) is 8.78 Å². The largest absolute Gasteiger partial charge is 0.486 e.